The number of benzene rings is 1. The molecule has 26 heavy (non-hydrogen) atoms. The van der Waals surface area contributed by atoms with E-state index in [0.717, 1.165) is 17.0 Å². The lowest BCUT2D eigenvalue weighted by atomic mass is 9.91. The molecule has 0 aliphatic carbocycles. The molecule has 1 aromatic carbocycles. The van der Waals surface area contributed by atoms with Gasteiger partial charge in [-0.2, -0.15) is 0 Å². The van der Waals surface area contributed by atoms with Crippen molar-refractivity contribution in [3.05, 3.63) is 35.4 Å². The highest BCUT2D eigenvalue weighted by Crippen LogP contribution is 2.29. The molecule has 3 rings (SSSR count). The fourth-order valence-electron chi connectivity index (χ4n) is 3.36. The zero-order valence-electron chi connectivity index (χ0n) is 15.2. The first-order valence-electron chi connectivity index (χ1n) is 8.54. The monoisotopic (exact) mass is 380 g/mol. The van der Waals surface area contributed by atoms with E-state index in [4.69, 9.17) is 0 Å². The summed E-state index contributed by atoms with van der Waals surface area (Å²) in [7, 11) is 0. The molecule has 8 heteroatoms. The van der Waals surface area contributed by atoms with Crippen LogP contribution >= 0.6 is 12.4 Å². The second kappa shape index (κ2) is 7.63. The van der Waals surface area contributed by atoms with Crippen molar-refractivity contribution < 1.29 is 14.4 Å². The van der Waals surface area contributed by atoms with Gasteiger partial charge in [-0.3, -0.25) is 14.5 Å². The fraction of sp³-hybridized carbons (Fsp3) is 0.500. The summed E-state index contributed by atoms with van der Waals surface area (Å²) in [6.07, 6.45) is 0. The molecule has 0 aromatic heterocycles. The third kappa shape index (κ3) is 3.54. The van der Waals surface area contributed by atoms with Gasteiger partial charge in [0, 0.05) is 25.7 Å². The van der Waals surface area contributed by atoms with Gasteiger partial charge in [0.15, 0.2) is 0 Å². The van der Waals surface area contributed by atoms with Crippen LogP contribution < -0.4 is 10.6 Å². The lowest BCUT2D eigenvalue weighted by Crippen LogP contribution is -2.55. The van der Waals surface area contributed by atoms with Crippen molar-refractivity contribution in [3.63, 3.8) is 0 Å². The van der Waals surface area contributed by atoms with Crippen LogP contribution in [0.4, 0.5) is 4.79 Å². The smallest absolute Gasteiger partial charge is 0.325 e. The van der Waals surface area contributed by atoms with Crippen LogP contribution in [0.15, 0.2) is 24.3 Å². The first-order valence-corrected chi connectivity index (χ1v) is 8.54. The first kappa shape index (κ1) is 20.2. The van der Waals surface area contributed by atoms with Crippen molar-refractivity contribution in [2.75, 3.05) is 26.2 Å². The van der Waals surface area contributed by atoms with Gasteiger partial charge in [-0.1, -0.05) is 29.8 Å². The summed E-state index contributed by atoms with van der Waals surface area (Å²) in [4.78, 5) is 40.6. The van der Waals surface area contributed by atoms with Crippen molar-refractivity contribution in [3.8, 4) is 0 Å². The topological polar surface area (TPSA) is 81.8 Å². The Morgan fingerprint density at radius 3 is 2.54 bits per heavy atom. The fourth-order valence-corrected chi connectivity index (χ4v) is 3.36. The van der Waals surface area contributed by atoms with Gasteiger partial charge >= 0.3 is 6.03 Å². The number of nitrogens with zero attached hydrogens (tertiary/aromatic N) is 2. The van der Waals surface area contributed by atoms with E-state index in [0.29, 0.717) is 18.7 Å². The van der Waals surface area contributed by atoms with E-state index in [1.54, 1.807) is 11.8 Å². The van der Waals surface area contributed by atoms with Gasteiger partial charge in [0.2, 0.25) is 5.91 Å². The van der Waals surface area contributed by atoms with Crippen LogP contribution in [-0.2, 0) is 15.1 Å². The Kier molecular flexibility index (Phi) is 5.93. The Hall–Kier alpha value is -2.12. The SMILES string of the molecule is Cc1ccc(C2(C)NC(=O)N(CC(=O)N3CCNC[C@@H]3C)C2=O)cc1.Cl. The number of hydrogen-bond acceptors (Lipinski definition) is 4. The molecule has 0 spiro atoms. The number of imide groups is 1. The zero-order valence-corrected chi connectivity index (χ0v) is 16.1. The molecule has 2 atom stereocenters. The molecule has 0 saturated carbocycles. The van der Waals surface area contributed by atoms with E-state index in [1.807, 2.05) is 38.1 Å². The van der Waals surface area contributed by atoms with Gasteiger partial charge < -0.3 is 15.5 Å². The van der Waals surface area contributed by atoms with Crippen molar-refractivity contribution in [1.82, 2.24) is 20.4 Å². The Bertz CT molecular complexity index is 709. The molecule has 1 aromatic rings. The lowest BCUT2D eigenvalue weighted by molar-refractivity contribution is -0.140. The molecular weight excluding hydrogens is 356 g/mol. The molecule has 0 bridgehead atoms. The van der Waals surface area contributed by atoms with Gasteiger partial charge in [0.05, 0.1) is 0 Å². The number of rotatable bonds is 3. The lowest BCUT2D eigenvalue weighted by Gasteiger charge is -2.34. The molecule has 2 saturated heterocycles. The number of nitrogens with one attached hydrogen (secondary N) is 2. The maximum Gasteiger partial charge on any atom is 0.325 e. The highest BCUT2D eigenvalue weighted by Gasteiger charge is 2.49. The predicted octanol–water partition coefficient (Wildman–Crippen LogP) is 1.00. The Balaban J connectivity index is 0.00000243. The third-order valence-electron chi connectivity index (χ3n) is 5.02. The highest BCUT2D eigenvalue weighted by atomic mass is 35.5. The molecule has 0 radical (unpaired) electrons. The highest BCUT2D eigenvalue weighted by molar-refractivity contribution is 6.09. The third-order valence-corrected chi connectivity index (χ3v) is 5.02. The molecule has 4 amide bonds. The molecule has 2 N–H and O–H groups in total. The van der Waals surface area contributed by atoms with E-state index < -0.39 is 17.5 Å². The Labute approximate surface area is 159 Å². The number of aryl methyl sites for hydroxylation is 1. The van der Waals surface area contributed by atoms with Gasteiger partial charge in [0.1, 0.15) is 12.1 Å². The summed E-state index contributed by atoms with van der Waals surface area (Å²) in [5.41, 5.74) is 0.644. The number of halogens is 1. The Morgan fingerprint density at radius 1 is 1.27 bits per heavy atom. The summed E-state index contributed by atoms with van der Waals surface area (Å²) in [6, 6.07) is 6.98. The van der Waals surface area contributed by atoms with Crippen LogP contribution in [0.25, 0.3) is 0 Å². The minimum atomic E-state index is -1.14. The van der Waals surface area contributed by atoms with Gasteiger partial charge in [-0.15, -0.1) is 12.4 Å². The number of amides is 4. The second-order valence-electron chi connectivity index (χ2n) is 6.95. The van der Waals surface area contributed by atoms with Crippen LogP contribution in [-0.4, -0.2) is 59.9 Å². The molecule has 2 aliphatic heterocycles. The molecule has 7 nitrogen and oxygen atoms in total. The maximum absolute atomic E-state index is 12.9. The largest absolute Gasteiger partial charge is 0.336 e. The molecular formula is C18H25ClN4O3. The number of urea groups is 1. The summed E-state index contributed by atoms with van der Waals surface area (Å²) in [6.45, 7) is 7.38. The number of carbonyl (C=O) groups is 3. The zero-order chi connectivity index (χ0) is 18.2. The van der Waals surface area contributed by atoms with Crippen LogP contribution in [0.3, 0.4) is 0 Å². The average molecular weight is 381 g/mol. The van der Waals surface area contributed by atoms with Gasteiger partial charge in [0.25, 0.3) is 5.91 Å². The molecule has 2 fully saturated rings. The first-order chi connectivity index (χ1) is 11.8. The quantitative estimate of drug-likeness (QED) is 0.767. The standard InChI is InChI=1S/C18H24N4O3.ClH/c1-12-4-6-14(7-5-12)18(3)16(24)22(17(25)20-18)11-15(23)21-9-8-19-10-13(21)2;/h4-7,13,19H,8-11H2,1-3H3,(H,20,25);1H/t13-,18?;/m0./s1. The van der Waals surface area contributed by atoms with E-state index >= 15 is 0 Å². The summed E-state index contributed by atoms with van der Waals surface area (Å²) in [5, 5.41) is 5.96. The van der Waals surface area contributed by atoms with Crippen LogP contribution in [0, 0.1) is 6.92 Å². The van der Waals surface area contributed by atoms with Gasteiger partial charge in [-0.25, -0.2) is 4.79 Å². The number of hydrogen-bond donors (Lipinski definition) is 2. The normalized spacial score (nSPS) is 25.7. The maximum atomic E-state index is 12.9. The molecule has 142 valence electrons. The summed E-state index contributed by atoms with van der Waals surface area (Å²) >= 11 is 0. The van der Waals surface area contributed by atoms with Crippen molar-refractivity contribution >= 4 is 30.3 Å². The average Bonchev–Trinajstić information content (AvgIpc) is 2.80. The second-order valence-corrected chi connectivity index (χ2v) is 6.95. The van der Waals surface area contributed by atoms with E-state index in [9.17, 15) is 14.4 Å². The van der Waals surface area contributed by atoms with Crippen LogP contribution in [0.5, 0.6) is 0 Å². The minimum Gasteiger partial charge on any atom is -0.336 e. The van der Waals surface area contributed by atoms with E-state index in [2.05, 4.69) is 10.6 Å². The minimum absolute atomic E-state index is 0. The van der Waals surface area contributed by atoms with Crippen molar-refractivity contribution in [2.24, 2.45) is 0 Å². The molecule has 1 unspecified atom stereocenters. The van der Waals surface area contributed by atoms with Crippen molar-refractivity contribution in [2.45, 2.75) is 32.4 Å². The predicted molar refractivity (Wildman–Crippen MR) is 100 cm³/mol. The Morgan fingerprint density at radius 2 is 1.92 bits per heavy atom. The van der Waals surface area contributed by atoms with E-state index in [1.165, 1.54) is 0 Å². The van der Waals surface area contributed by atoms with Crippen LogP contribution in [0.2, 0.25) is 0 Å². The number of carbonyl (C=O) groups excluding carboxylic acids is 3. The summed E-state index contributed by atoms with van der Waals surface area (Å²) < 4.78 is 0. The van der Waals surface area contributed by atoms with Crippen molar-refractivity contribution in [1.29, 1.82) is 0 Å². The van der Waals surface area contributed by atoms with E-state index in [-0.39, 0.29) is 30.9 Å². The molecule has 2 heterocycles. The molecule has 2 aliphatic rings. The number of piperazine rings is 1. The summed E-state index contributed by atoms with van der Waals surface area (Å²) in [5.74, 6) is -0.594. The van der Waals surface area contributed by atoms with Crippen LogP contribution in [0.1, 0.15) is 25.0 Å². The van der Waals surface area contributed by atoms with Gasteiger partial charge in [-0.05, 0) is 26.3 Å².